The molecule has 1 aliphatic heterocycles. The second-order valence-electron chi connectivity index (χ2n) is 6.92. The van der Waals surface area contributed by atoms with Gasteiger partial charge >= 0.3 is 5.97 Å². The number of carboxylic acid groups (broad SMARTS) is 1. The van der Waals surface area contributed by atoms with Crippen LogP contribution in [0.5, 0.6) is 11.5 Å². The first-order valence-corrected chi connectivity index (χ1v) is 10.3. The highest BCUT2D eigenvalue weighted by Gasteiger charge is 2.34. The van der Waals surface area contributed by atoms with Gasteiger partial charge in [0.15, 0.2) is 11.5 Å². The van der Waals surface area contributed by atoms with E-state index in [1.165, 1.54) is 18.4 Å². The zero-order valence-corrected chi connectivity index (χ0v) is 17.5. The summed E-state index contributed by atoms with van der Waals surface area (Å²) >= 11 is 1.19. The highest BCUT2D eigenvalue weighted by Crippen LogP contribution is 2.50. The molecule has 0 saturated heterocycles. The number of fused-ring (bicyclic) bond motifs is 1. The summed E-state index contributed by atoms with van der Waals surface area (Å²) in [5.74, 6) is 1.92. The molecule has 7 heteroatoms. The normalized spacial score (nSPS) is 14.8. The molecule has 3 aromatic rings. The Kier molecular flexibility index (Phi) is 5.65. The summed E-state index contributed by atoms with van der Waals surface area (Å²) in [6, 6.07) is 14.6. The Morgan fingerprint density at radius 1 is 1.26 bits per heavy atom. The number of rotatable bonds is 6. The minimum absolute atomic E-state index is 0.110. The largest absolute Gasteiger partial charge is 0.493 e. The summed E-state index contributed by atoms with van der Waals surface area (Å²) in [6.45, 7) is 0.110. The number of hydrogen-bond acceptors (Lipinski definition) is 5. The topological polar surface area (TPSA) is 84.9 Å². The van der Waals surface area contributed by atoms with Crippen LogP contribution in [-0.2, 0) is 4.79 Å². The van der Waals surface area contributed by atoms with Crippen LogP contribution in [0.4, 0.5) is 5.69 Å². The molecule has 0 fully saturated rings. The van der Waals surface area contributed by atoms with Crippen molar-refractivity contribution < 1.29 is 24.2 Å². The highest BCUT2D eigenvalue weighted by atomic mass is 32.1. The van der Waals surface area contributed by atoms with Gasteiger partial charge in [0, 0.05) is 22.8 Å². The van der Waals surface area contributed by atoms with Crippen molar-refractivity contribution in [2.75, 3.05) is 19.0 Å². The van der Waals surface area contributed by atoms with Gasteiger partial charge in [-0.1, -0.05) is 42.3 Å². The molecule has 0 bridgehead atoms. The van der Waals surface area contributed by atoms with Gasteiger partial charge in [0.25, 0.3) is 0 Å². The van der Waals surface area contributed by atoms with Crippen LogP contribution in [-0.4, -0.2) is 30.7 Å². The number of aromatic carboxylic acids is 1. The Labute approximate surface area is 183 Å². The smallest absolute Gasteiger partial charge is 0.346 e. The molecule has 2 aromatic carbocycles. The lowest BCUT2D eigenvalue weighted by Crippen LogP contribution is -2.22. The van der Waals surface area contributed by atoms with E-state index < -0.39 is 5.97 Å². The summed E-state index contributed by atoms with van der Waals surface area (Å²) in [4.78, 5) is 25.6. The average molecular weight is 433 g/mol. The first-order valence-electron chi connectivity index (χ1n) is 9.53. The van der Waals surface area contributed by atoms with Crippen LogP contribution in [0.3, 0.4) is 0 Å². The van der Waals surface area contributed by atoms with Crippen molar-refractivity contribution in [3.63, 3.8) is 0 Å². The van der Waals surface area contributed by atoms with E-state index >= 15 is 0 Å². The van der Waals surface area contributed by atoms with Crippen LogP contribution < -0.4 is 14.8 Å². The molecule has 31 heavy (non-hydrogen) atoms. The Morgan fingerprint density at radius 3 is 2.71 bits per heavy atom. The predicted molar refractivity (Wildman–Crippen MR) is 119 cm³/mol. The molecular formula is C24H19NO5S. The van der Waals surface area contributed by atoms with E-state index in [2.05, 4.69) is 11.2 Å². The van der Waals surface area contributed by atoms with Crippen LogP contribution in [0.25, 0.3) is 11.1 Å². The summed E-state index contributed by atoms with van der Waals surface area (Å²) in [5, 5.41) is 12.7. The highest BCUT2D eigenvalue weighted by molar-refractivity contribution is 7.15. The number of ether oxygens (including phenoxy) is 2. The van der Waals surface area contributed by atoms with E-state index in [9.17, 15) is 14.7 Å². The number of carbonyl (C=O) groups excluding carboxylic acids is 1. The number of hydrogen-bond donors (Lipinski definition) is 2. The van der Waals surface area contributed by atoms with E-state index in [1.54, 1.807) is 12.1 Å². The van der Waals surface area contributed by atoms with Gasteiger partial charge in [-0.2, -0.15) is 0 Å². The van der Waals surface area contributed by atoms with Crippen molar-refractivity contribution in [1.29, 1.82) is 0 Å². The molecule has 0 saturated carbocycles. The van der Waals surface area contributed by atoms with Gasteiger partial charge in [-0.25, -0.2) is 4.79 Å². The van der Waals surface area contributed by atoms with Crippen LogP contribution in [0.2, 0.25) is 0 Å². The van der Waals surface area contributed by atoms with Crippen molar-refractivity contribution in [2.45, 2.75) is 12.3 Å². The third kappa shape index (κ3) is 3.86. The summed E-state index contributed by atoms with van der Waals surface area (Å²) in [5.41, 5.74) is 2.67. The van der Waals surface area contributed by atoms with Gasteiger partial charge in [-0.15, -0.1) is 17.8 Å². The molecule has 0 unspecified atom stereocenters. The molecule has 2 heterocycles. The number of carboxylic acids is 1. The predicted octanol–water partition coefficient (Wildman–Crippen LogP) is 4.61. The minimum atomic E-state index is -1.03. The molecule has 0 aliphatic carbocycles. The van der Waals surface area contributed by atoms with E-state index in [0.717, 1.165) is 16.0 Å². The second-order valence-corrected chi connectivity index (χ2v) is 7.98. The standard InChI is InChI=1S/C24H19NO5S/c1-3-11-30-17-10-9-15(12-18(17)29-2)16-13-19(26)25-21-20(14-7-5-4-6-8-14)23(24(27)28)31-22(16)21/h1,4-10,12,16H,11,13H2,2H3,(H,25,26)(H,27,28)/t16-/m0/s1. The van der Waals surface area contributed by atoms with Crippen molar-refractivity contribution >= 4 is 28.9 Å². The lowest BCUT2D eigenvalue weighted by molar-refractivity contribution is -0.116. The fourth-order valence-electron chi connectivity index (χ4n) is 3.73. The van der Waals surface area contributed by atoms with E-state index in [-0.39, 0.29) is 29.7 Å². The lowest BCUT2D eigenvalue weighted by Gasteiger charge is -2.24. The number of anilines is 1. The van der Waals surface area contributed by atoms with Gasteiger partial charge in [0.2, 0.25) is 5.91 Å². The van der Waals surface area contributed by atoms with Crippen molar-refractivity contribution in [3.05, 3.63) is 63.8 Å². The fraction of sp³-hybridized carbons (Fsp3) is 0.167. The molecule has 1 amide bonds. The average Bonchev–Trinajstić information content (AvgIpc) is 3.17. The number of thiophene rings is 1. The molecule has 0 spiro atoms. The molecule has 1 atom stereocenters. The van der Waals surface area contributed by atoms with Crippen LogP contribution in [0.1, 0.15) is 32.5 Å². The molecular weight excluding hydrogens is 414 g/mol. The molecule has 156 valence electrons. The molecule has 1 aliphatic rings. The maximum atomic E-state index is 12.6. The van der Waals surface area contributed by atoms with Gasteiger partial charge in [-0.05, 0) is 23.3 Å². The van der Waals surface area contributed by atoms with E-state index in [1.807, 2.05) is 36.4 Å². The Morgan fingerprint density at radius 2 is 2.03 bits per heavy atom. The number of methoxy groups -OCH3 is 1. The third-order valence-corrected chi connectivity index (χ3v) is 6.36. The van der Waals surface area contributed by atoms with E-state index in [0.29, 0.717) is 22.7 Å². The quantitative estimate of drug-likeness (QED) is 0.555. The molecule has 0 radical (unpaired) electrons. The fourth-order valence-corrected chi connectivity index (χ4v) is 4.97. The van der Waals surface area contributed by atoms with Gasteiger partial charge in [0.1, 0.15) is 11.5 Å². The van der Waals surface area contributed by atoms with Crippen molar-refractivity contribution in [1.82, 2.24) is 0 Å². The van der Waals surface area contributed by atoms with Crippen LogP contribution in [0.15, 0.2) is 48.5 Å². The third-order valence-electron chi connectivity index (χ3n) is 5.06. The van der Waals surface area contributed by atoms with E-state index in [4.69, 9.17) is 15.9 Å². The first kappa shape index (κ1) is 20.5. The molecule has 6 nitrogen and oxygen atoms in total. The van der Waals surface area contributed by atoms with Crippen LogP contribution in [0, 0.1) is 12.3 Å². The Hall–Kier alpha value is -3.76. The van der Waals surface area contributed by atoms with Crippen molar-refractivity contribution in [2.24, 2.45) is 0 Å². The maximum absolute atomic E-state index is 12.6. The zero-order valence-electron chi connectivity index (χ0n) is 16.7. The van der Waals surface area contributed by atoms with Crippen LogP contribution >= 0.6 is 11.3 Å². The number of terminal acetylenes is 1. The number of carbonyl (C=O) groups is 2. The minimum Gasteiger partial charge on any atom is -0.493 e. The second kappa shape index (κ2) is 8.54. The maximum Gasteiger partial charge on any atom is 0.346 e. The summed E-state index contributed by atoms with van der Waals surface area (Å²) in [6.07, 6.45) is 5.47. The first-order chi connectivity index (χ1) is 15.0. The Balaban J connectivity index is 1.85. The lowest BCUT2D eigenvalue weighted by atomic mass is 9.88. The van der Waals surface area contributed by atoms with Gasteiger partial charge in [0.05, 0.1) is 12.8 Å². The monoisotopic (exact) mass is 433 g/mol. The molecule has 4 rings (SSSR count). The number of nitrogens with one attached hydrogen (secondary N) is 1. The molecule has 2 N–H and O–H groups in total. The number of amides is 1. The molecule has 1 aromatic heterocycles. The summed E-state index contributed by atoms with van der Waals surface area (Å²) in [7, 11) is 1.53. The number of benzene rings is 2. The SMILES string of the molecule is C#CCOc1ccc([C@@H]2CC(=O)Nc3c2sc(C(=O)O)c3-c2ccccc2)cc1OC. The van der Waals surface area contributed by atoms with Gasteiger partial charge < -0.3 is 19.9 Å². The summed E-state index contributed by atoms with van der Waals surface area (Å²) < 4.78 is 10.9. The zero-order chi connectivity index (χ0) is 22.0. The van der Waals surface area contributed by atoms with Gasteiger partial charge in [-0.3, -0.25) is 4.79 Å². The van der Waals surface area contributed by atoms with Crippen molar-refractivity contribution in [3.8, 4) is 35.0 Å². The Bertz CT molecular complexity index is 1190.